The Hall–Kier alpha value is 0.270. The largest absolute Gasteiger partial charge is 0.375 e. The predicted molar refractivity (Wildman–Crippen MR) is 94.1 cm³/mol. The molecule has 0 bridgehead atoms. The van der Waals surface area contributed by atoms with Crippen LogP contribution in [0.2, 0.25) is 0 Å². The topological polar surface area (TPSA) is 21.3 Å². The maximum atomic E-state index is 6.29. The second-order valence-electron chi connectivity index (χ2n) is 7.14. The number of hydrogen-bond donors (Lipinski definition) is 1. The summed E-state index contributed by atoms with van der Waals surface area (Å²) in [5.74, 6) is 4.20. The quantitative estimate of drug-likeness (QED) is 0.748. The van der Waals surface area contributed by atoms with Gasteiger partial charge in [0.1, 0.15) is 0 Å². The van der Waals surface area contributed by atoms with Crippen molar-refractivity contribution in [3.63, 3.8) is 0 Å². The van der Waals surface area contributed by atoms with Crippen LogP contribution in [0.5, 0.6) is 0 Å². The van der Waals surface area contributed by atoms with E-state index in [4.69, 9.17) is 4.74 Å². The molecule has 0 amide bonds. The maximum Gasteiger partial charge on any atom is 0.0701 e. The maximum absolute atomic E-state index is 6.29. The molecule has 0 aromatic carbocycles. The molecule has 2 fully saturated rings. The lowest BCUT2D eigenvalue weighted by Gasteiger charge is -2.46. The fraction of sp³-hybridized carbons (Fsp3) is 1.00. The zero-order valence-electron chi connectivity index (χ0n) is 14.3. The second-order valence-corrected chi connectivity index (χ2v) is 8.37. The SMILES string of the molecule is CCCNC(C(C)CCC)C1CCOC2(CCSCC2)C1. The monoisotopic (exact) mass is 313 g/mol. The van der Waals surface area contributed by atoms with Crippen LogP contribution in [0.1, 0.15) is 65.7 Å². The first-order valence-electron chi connectivity index (χ1n) is 9.16. The molecule has 3 heteroatoms. The summed E-state index contributed by atoms with van der Waals surface area (Å²) in [4.78, 5) is 0. The van der Waals surface area contributed by atoms with Gasteiger partial charge in [-0.3, -0.25) is 0 Å². The summed E-state index contributed by atoms with van der Waals surface area (Å²) >= 11 is 2.10. The molecule has 21 heavy (non-hydrogen) atoms. The van der Waals surface area contributed by atoms with Gasteiger partial charge in [0.2, 0.25) is 0 Å². The summed E-state index contributed by atoms with van der Waals surface area (Å²) in [6.07, 6.45) is 8.99. The Balaban J connectivity index is 2.00. The smallest absolute Gasteiger partial charge is 0.0701 e. The van der Waals surface area contributed by atoms with E-state index in [0.29, 0.717) is 6.04 Å². The van der Waals surface area contributed by atoms with Crippen molar-refractivity contribution in [3.05, 3.63) is 0 Å². The van der Waals surface area contributed by atoms with Crippen LogP contribution in [0.3, 0.4) is 0 Å². The molecule has 0 aliphatic carbocycles. The minimum atomic E-state index is 0.228. The van der Waals surface area contributed by atoms with E-state index in [1.165, 1.54) is 63.0 Å². The summed E-state index contributed by atoms with van der Waals surface area (Å²) in [5.41, 5.74) is 0.228. The van der Waals surface area contributed by atoms with E-state index in [1.807, 2.05) is 0 Å². The molecular weight excluding hydrogens is 278 g/mol. The third-order valence-corrected chi connectivity index (χ3v) is 6.42. The first-order valence-corrected chi connectivity index (χ1v) is 10.3. The molecule has 2 nitrogen and oxygen atoms in total. The van der Waals surface area contributed by atoms with Gasteiger partial charge in [-0.2, -0.15) is 11.8 Å². The van der Waals surface area contributed by atoms with Crippen LogP contribution in [0.15, 0.2) is 0 Å². The van der Waals surface area contributed by atoms with E-state index in [-0.39, 0.29) is 5.60 Å². The lowest BCUT2D eigenvalue weighted by molar-refractivity contribution is -0.109. The summed E-state index contributed by atoms with van der Waals surface area (Å²) in [7, 11) is 0. The van der Waals surface area contributed by atoms with E-state index < -0.39 is 0 Å². The molecule has 0 saturated carbocycles. The van der Waals surface area contributed by atoms with Crippen LogP contribution in [0.4, 0.5) is 0 Å². The normalized spacial score (nSPS) is 28.4. The number of nitrogens with one attached hydrogen (secondary N) is 1. The van der Waals surface area contributed by atoms with E-state index in [1.54, 1.807) is 0 Å². The minimum absolute atomic E-state index is 0.228. The molecule has 2 aliphatic rings. The van der Waals surface area contributed by atoms with E-state index in [2.05, 4.69) is 37.8 Å². The Morgan fingerprint density at radius 2 is 2.00 bits per heavy atom. The summed E-state index contributed by atoms with van der Waals surface area (Å²) in [6.45, 7) is 9.20. The number of rotatable bonds is 7. The third kappa shape index (κ3) is 4.87. The number of thioether (sulfide) groups is 1. The van der Waals surface area contributed by atoms with Gasteiger partial charge >= 0.3 is 0 Å². The van der Waals surface area contributed by atoms with Crippen molar-refractivity contribution >= 4 is 11.8 Å². The zero-order valence-corrected chi connectivity index (χ0v) is 15.1. The van der Waals surface area contributed by atoms with Crippen LogP contribution < -0.4 is 5.32 Å². The molecule has 0 aromatic heterocycles. The van der Waals surface area contributed by atoms with Gasteiger partial charge < -0.3 is 10.1 Å². The average molecular weight is 314 g/mol. The van der Waals surface area contributed by atoms with Crippen molar-refractivity contribution in [2.24, 2.45) is 11.8 Å². The van der Waals surface area contributed by atoms with Gasteiger partial charge in [-0.05, 0) is 68.4 Å². The number of ether oxygens (including phenoxy) is 1. The summed E-state index contributed by atoms with van der Waals surface area (Å²) < 4.78 is 6.29. The van der Waals surface area contributed by atoms with Gasteiger partial charge in [0.25, 0.3) is 0 Å². The Kier molecular flexibility index (Phi) is 7.37. The lowest BCUT2D eigenvalue weighted by Crippen LogP contribution is -2.50. The Bertz CT molecular complexity index is 285. The predicted octanol–water partition coefficient (Wildman–Crippen LogP) is 4.48. The fourth-order valence-electron chi connectivity index (χ4n) is 4.24. The lowest BCUT2D eigenvalue weighted by atomic mass is 9.75. The van der Waals surface area contributed by atoms with Gasteiger partial charge in [0, 0.05) is 12.6 Å². The van der Waals surface area contributed by atoms with Crippen LogP contribution in [-0.2, 0) is 4.74 Å². The highest BCUT2D eigenvalue weighted by molar-refractivity contribution is 7.99. The molecule has 2 aliphatic heterocycles. The van der Waals surface area contributed by atoms with Crippen molar-refractivity contribution in [2.45, 2.75) is 77.4 Å². The van der Waals surface area contributed by atoms with Gasteiger partial charge in [-0.1, -0.05) is 27.2 Å². The fourth-order valence-corrected chi connectivity index (χ4v) is 5.48. The average Bonchev–Trinajstić information content (AvgIpc) is 2.49. The Morgan fingerprint density at radius 3 is 2.67 bits per heavy atom. The molecule has 2 saturated heterocycles. The molecule has 3 unspecified atom stereocenters. The zero-order chi connectivity index (χ0) is 15.1. The van der Waals surface area contributed by atoms with Crippen molar-refractivity contribution in [1.29, 1.82) is 0 Å². The summed E-state index contributed by atoms with van der Waals surface area (Å²) in [5, 5.41) is 3.88. The highest BCUT2D eigenvalue weighted by Gasteiger charge is 2.41. The van der Waals surface area contributed by atoms with Crippen molar-refractivity contribution in [2.75, 3.05) is 24.7 Å². The van der Waals surface area contributed by atoms with Crippen molar-refractivity contribution < 1.29 is 4.74 Å². The standard InChI is InChI=1S/C18H35NOS/c1-4-6-15(3)17(19-10-5-2)16-7-11-20-18(14-16)8-12-21-13-9-18/h15-17,19H,4-14H2,1-3H3. The van der Waals surface area contributed by atoms with Gasteiger partial charge in [-0.15, -0.1) is 0 Å². The summed E-state index contributed by atoms with van der Waals surface area (Å²) in [6, 6.07) is 0.695. The third-order valence-electron chi connectivity index (χ3n) is 5.43. The molecule has 2 heterocycles. The van der Waals surface area contributed by atoms with Gasteiger partial charge in [0.05, 0.1) is 5.60 Å². The molecule has 124 valence electrons. The van der Waals surface area contributed by atoms with Crippen LogP contribution in [0.25, 0.3) is 0 Å². The second kappa shape index (κ2) is 8.79. The Morgan fingerprint density at radius 1 is 1.24 bits per heavy atom. The minimum Gasteiger partial charge on any atom is -0.375 e. The van der Waals surface area contributed by atoms with Crippen LogP contribution >= 0.6 is 11.8 Å². The Labute approximate surface area is 136 Å². The first-order chi connectivity index (χ1) is 10.2. The van der Waals surface area contributed by atoms with Crippen LogP contribution in [0, 0.1) is 11.8 Å². The molecule has 0 aromatic rings. The van der Waals surface area contributed by atoms with Gasteiger partial charge in [0.15, 0.2) is 0 Å². The molecule has 2 rings (SSSR count). The first kappa shape index (κ1) is 17.6. The van der Waals surface area contributed by atoms with Crippen molar-refractivity contribution in [1.82, 2.24) is 5.32 Å². The van der Waals surface area contributed by atoms with E-state index in [9.17, 15) is 0 Å². The molecular formula is C18H35NOS. The van der Waals surface area contributed by atoms with E-state index in [0.717, 1.165) is 18.4 Å². The van der Waals surface area contributed by atoms with Crippen molar-refractivity contribution in [3.8, 4) is 0 Å². The van der Waals surface area contributed by atoms with Crippen LogP contribution in [-0.4, -0.2) is 36.3 Å². The molecule has 1 spiro atoms. The molecule has 0 radical (unpaired) electrons. The highest BCUT2D eigenvalue weighted by Crippen LogP contribution is 2.41. The van der Waals surface area contributed by atoms with Gasteiger partial charge in [-0.25, -0.2) is 0 Å². The molecule has 3 atom stereocenters. The molecule has 1 N–H and O–H groups in total. The van der Waals surface area contributed by atoms with E-state index >= 15 is 0 Å². The number of hydrogen-bond acceptors (Lipinski definition) is 3. The highest BCUT2D eigenvalue weighted by atomic mass is 32.2.